The molecule has 21 heavy (non-hydrogen) atoms. The number of ether oxygens (including phenoxy) is 1. The fourth-order valence-electron chi connectivity index (χ4n) is 2.34. The van der Waals surface area contributed by atoms with Crippen molar-refractivity contribution in [3.8, 4) is 0 Å². The first-order chi connectivity index (χ1) is 9.90. The van der Waals surface area contributed by atoms with Crippen LogP contribution in [0.15, 0.2) is 12.1 Å². The van der Waals surface area contributed by atoms with Crippen LogP contribution in [0.25, 0.3) is 0 Å². The Kier molecular flexibility index (Phi) is 7.05. The van der Waals surface area contributed by atoms with E-state index in [1.165, 1.54) is 12.1 Å². The quantitative estimate of drug-likeness (QED) is 0.802. The minimum Gasteiger partial charge on any atom is -0.383 e. The van der Waals surface area contributed by atoms with Crippen LogP contribution in [0.5, 0.6) is 0 Å². The number of hydrogen-bond acceptors (Lipinski definition) is 3. The Morgan fingerprint density at radius 3 is 2.24 bits per heavy atom. The van der Waals surface area contributed by atoms with Crippen molar-refractivity contribution in [2.75, 3.05) is 25.2 Å². The van der Waals surface area contributed by atoms with Gasteiger partial charge in [-0.2, -0.15) is 0 Å². The molecule has 0 fully saturated rings. The molecule has 0 saturated heterocycles. The molecule has 0 spiro atoms. The highest BCUT2D eigenvalue weighted by Crippen LogP contribution is 2.27. The Labute approximate surface area is 126 Å². The maximum absolute atomic E-state index is 14.4. The van der Waals surface area contributed by atoms with Gasteiger partial charge in [-0.05, 0) is 44.4 Å². The van der Waals surface area contributed by atoms with Crippen LogP contribution in [-0.2, 0) is 11.2 Å². The molecule has 1 aromatic carbocycles. The van der Waals surface area contributed by atoms with Gasteiger partial charge in [-0.25, -0.2) is 8.78 Å². The zero-order chi connectivity index (χ0) is 16.0. The highest BCUT2D eigenvalue weighted by atomic mass is 19.1. The Hall–Kier alpha value is -1.20. The number of anilines is 1. The van der Waals surface area contributed by atoms with Crippen LogP contribution in [0, 0.1) is 11.6 Å². The summed E-state index contributed by atoms with van der Waals surface area (Å²) in [5.41, 5.74) is 6.29. The van der Waals surface area contributed by atoms with Crippen molar-refractivity contribution in [1.82, 2.24) is 0 Å². The molecule has 1 rings (SSSR count). The van der Waals surface area contributed by atoms with Crippen molar-refractivity contribution in [2.24, 2.45) is 5.73 Å². The number of nitrogens with zero attached hydrogens (tertiary/aromatic N) is 1. The van der Waals surface area contributed by atoms with Crippen molar-refractivity contribution in [3.63, 3.8) is 0 Å². The summed E-state index contributed by atoms with van der Waals surface area (Å²) >= 11 is 0. The second-order valence-electron chi connectivity index (χ2n) is 5.53. The van der Waals surface area contributed by atoms with E-state index in [2.05, 4.69) is 0 Å². The van der Waals surface area contributed by atoms with Gasteiger partial charge in [0.1, 0.15) is 17.3 Å². The number of halogens is 2. The largest absolute Gasteiger partial charge is 0.383 e. The molecule has 0 aliphatic rings. The van der Waals surface area contributed by atoms with E-state index in [9.17, 15) is 8.78 Å². The number of benzene rings is 1. The first kappa shape index (κ1) is 17.9. The zero-order valence-corrected chi connectivity index (χ0v) is 13.3. The summed E-state index contributed by atoms with van der Waals surface area (Å²) in [5.74, 6) is -1.08. The molecule has 2 unspecified atom stereocenters. The lowest BCUT2D eigenvalue weighted by atomic mass is 10.1. The highest BCUT2D eigenvalue weighted by Gasteiger charge is 2.21. The molecule has 5 heteroatoms. The molecule has 0 heterocycles. The van der Waals surface area contributed by atoms with E-state index in [1.54, 1.807) is 12.0 Å². The summed E-state index contributed by atoms with van der Waals surface area (Å²) in [6, 6.07) is 2.66. The van der Waals surface area contributed by atoms with Gasteiger partial charge in [0.15, 0.2) is 0 Å². The Balaban J connectivity index is 3.12. The Morgan fingerprint density at radius 1 is 1.24 bits per heavy atom. The first-order valence-corrected chi connectivity index (χ1v) is 7.39. The third-order valence-corrected chi connectivity index (χ3v) is 3.58. The van der Waals surface area contributed by atoms with Gasteiger partial charge in [0.2, 0.25) is 0 Å². The van der Waals surface area contributed by atoms with Crippen molar-refractivity contribution in [1.29, 1.82) is 0 Å². The molecule has 2 atom stereocenters. The van der Waals surface area contributed by atoms with Crippen LogP contribution in [0.3, 0.4) is 0 Å². The summed E-state index contributed by atoms with van der Waals surface area (Å²) in [6.07, 6.45) is 1.25. The monoisotopic (exact) mass is 300 g/mol. The molecule has 0 aliphatic heterocycles. The summed E-state index contributed by atoms with van der Waals surface area (Å²) in [5, 5.41) is 0. The molecule has 3 nitrogen and oxygen atoms in total. The van der Waals surface area contributed by atoms with E-state index in [4.69, 9.17) is 10.5 Å². The van der Waals surface area contributed by atoms with Gasteiger partial charge in [-0.3, -0.25) is 0 Å². The molecule has 2 N–H and O–H groups in total. The average Bonchev–Trinajstić information content (AvgIpc) is 2.40. The van der Waals surface area contributed by atoms with Gasteiger partial charge in [-0.1, -0.05) is 6.92 Å². The van der Waals surface area contributed by atoms with Crippen LogP contribution < -0.4 is 10.6 Å². The van der Waals surface area contributed by atoms with Crippen molar-refractivity contribution >= 4 is 5.69 Å². The second kappa shape index (κ2) is 8.29. The lowest BCUT2D eigenvalue weighted by molar-refractivity contribution is 0.203. The van der Waals surface area contributed by atoms with E-state index in [-0.39, 0.29) is 17.8 Å². The topological polar surface area (TPSA) is 38.5 Å². The first-order valence-electron chi connectivity index (χ1n) is 7.39. The summed E-state index contributed by atoms with van der Waals surface area (Å²) in [7, 11) is 1.58. The maximum atomic E-state index is 14.4. The normalized spacial score (nSPS) is 14.0. The predicted molar refractivity (Wildman–Crippen MR) is 82.7 cm³/mol. The maximum Gasteiger partial charge on any atom is 0.149 e. The minimum atomic E-state index is -0.540. The lowest BCUT2D eigenvalue weighted by Crippen LogP contribution is -2.37. The molecule has 0 bridgehead atoms. The third-order valence-electron chi connectivity index (χ3n) is 3.58. The van der Waals surface area contributed by atoms with Crippen LogP contribution >= 0.6 is 0 Å². The Bertz CT molecular complexity index is 429. The molecule has 0 saturated carbocycles. The van der Waals surface area contributed by atoms with Gasteiger partial charge >= 0.3 is 0 Å². The van der Waals surface area contributed by atoms with Gasteiger partial charge < -0.3 is 15.4 Å². The number of methoxy groups -OCH3 is 1. The fourth-order valence-corrected chi connectivity index (χ4v) is 2.34. The smallest absolute Gasteiger partial charge is 0.149 e. The third kappa shape index (κ3) is 4.93. The summed E-state index contributed by atoms with van der Waals surface area (Å²) in [4.78, 5) is 1.73. The van der Waals surface area contributed by atoms with E-state index in [0.717, 1.165) is 6.42 Å². The minimum absolute atomic E-state index is 0.0230. The molecule has 0 amide bonds. The summed E-state index contributed by atoms with van der Waals surface area (Å²) in [6.45, 7) is 6.62. The average molecular weight is 300 g/mol. The van der Waals surface area contributed by atoms with E-state index in [0.29, 0.717) is 25.1 Å². The number of rotatable bonds is 8. The van der Waals surface area contributed by atoms with Crippen LogP contribution in [0.2, 0.25) is 0 Å². The highest BCUT2D eigenvalue weighted by molar-refractivity contribution is 5.51. The van der Waals surface area contributed by atoms with Crippen molar-refractivity contribution in [2.45, 2.75) is 45.7 Å². The molecule has 0 radical (unpaired) electrons. The van der Waals surface area contributed by atoms with Gasteiger partial charge in [-0.15, -0.1) is 0 Å². The molecule has 0 aliphatic carbocycles. The number of nitrogens with two attached hydrogens (primary N) is 1. The SMILES string of the molecule is CCC(C)N(CCOC)c1c(F)cc(CC(C)N)cc1F. The van der Waals surface area contributed by atoms with Gasteiger partial charge in [0.25, 0.3) is 0 Å². The van der Waals surface area contributed by atoms with Gasteiger partial charge in [0, 0.05) is 25.7 Å². The molecule has 120 valence electrons. The van der Waals surface area contributed by atoms with E-state index in [1.807, 2.05) is 20.8 Å². The number of hydrogen-bond donors (Lipinski definition) is 1. The van der Waals surface area contributed by atoms with Gasteiger partial charge in [0.05, 0.1) is 6.61 Å². The van der Waals surface area contributed by atoms with Crippen LogP contribution in [-0.4, -0.2) is 32.3 Å². The van der Waals surface area contributed by atoms with Crippen LogP contribution in [0.1, 0.15) is 32.8 Å². The summed E-state index contributed by atoms with van der Waals surface area (Å²) < 4.78 is 33.8. The van der Waals surface area contributed by atoms with Crippen LogP contribution in [0.4, 0.5) is 14.5 Å². The van der Waals surface area contributed by atoms with E-state index < -0.39 is 11.6 Å². The van der Waals surface area contributed by atoms with Crippen molar-refractivity contribution in [3.05, 3.63) is 29.3 Å². The molecular formula is C16H26F2N2O. The molecule has 0 aromatic heterocycles. The Morgan fingerprint density at radius 2 is 1.81 bits per heavy atom. The standard InChI is InChI=1S/C16H26F2N2O/c1-5-12(3)20(6-7-21-4)16-14(17)9-13(8-11(2)19)10-15(16)18/h9-12H,5-8,19H2,1-4H3. The zero-order valence-electron chi connectivity index (χ0n) is 13.3. The molecule has 1 aromatic rings. The van der Waals surface area contributed by atoms with E-state index >= 15 is 0 Å². The van der Waals surface area contributed by atoms with Crippen molar-refractivity contribution < 1.29 is 13.5 Å². The second-order valence-corrected chi connectivity index (χ2v) is 5.53. The molecular weight excluding hydrogens is 274 g/mol. The lowest BCUT2D eigenvalue weighted by Gasteiger charge is -2.31. The fraction of sp³-hybridized carbons (Fsp3) is 0.625. The predicted octanol–water partition coefficient (Wildman–Crippen LogP) is 3.11.